The van der Waals surface area contributed by atoms with E-state index >= 15 is 0 Å². The normalized spacial score (nSPS) is 18.1. The lowest BCUT2D eigenvalue weighted by Gasteiger charge is -2.37. The van der Waals surface area contributed by atoms with Crippen molar-refractivity contribution in [2.75, 3.05) is 74.1 Å². The highest BCUT2D eigenvalue weighted by molar-refractivity contribution is 7.45. The van der Waals surface area contributed by atoms with Gasteiger partial charge in [-0.1, -0.05) is 77.6 Å². The highest BCUT2D eigenvalue weighted by Crippen LogP contribution is 2.41. The van der Waals surface area contributed by atoms with Crippen molar-refractivity contribution in [2.45, 2.75) is 84.0 Å². The molecule has 0 saturated carbocycles. The number of phosphoric acid groups is 1. The van der Waals surface area contributed by atoms with Crippen LogP contribution in [0.25, 0.3) is 0 Å². The zero-order valence-corrected chi connectivity index (χ0v) is 23.3. The second kappa shape index (κ2) is 18.2. The third kappa shape index (κ3) is 17.4. The Morgan fingerprint density at radius 1 is 0.794 bits per heavy atom. The highest BCUT2D eigenvalue weighted by atomic mass is 31.2. The molecule has 204 valence electrons. The first-order valence-electron chi connectivity index (χ1n) is 13.3. The standard InChI is InChI=1S/C25H52NO7P/c1-5-6-7-8-9-10-11-12-13-14-15-16-18-29-20-25(21-30-24-31-22-25)23-33-34(27,28)32-19-17-26(2,3)4/h5-24H2,1-4H3. The quantitative estimate of drug-likeness (QED) is 0.117. The first-order chi connectivity index (χ1) is 16.2. The molecule has 0 aromatic carbocycles. The van der Waals surface area contributed by atoms with Crippen LogP contribution in [0.4, 0.5) is 0 Å². The Morgan fingerprint density at radius 2 is 1.32 bits per heavy atom. The van der Waals surface area contributed by atoms with Crippen molar-refractivity contribution in [2.24, 2.45) is 5.41 Å². The van der Waals surface area contributed by atoms with Gasteiger partial charge in [-0.05, 0) is 6.42 Å². The zero-order chi connectivity index (χ0) is 25.2. The molecule has 1 atom stereocenters. The largest absolute Gasteiger partial charge is 0.756 e. The van der Waals surface area contributed by atoms with Crippen molar-refractivity contribution in [3.05, 3.63) is 0 Å². The van der Waals surface area contributed by atoms with Crippen LogP contribution in [0.5, 0.6) is 0 Å². The van der Waals surface area contributed by atoms with Crippen molar-refractivity contribution >= 4 is 7.82 Å². The summed E-state index contributed by atoms with van der Waals surface area (Å²) in [5.41, 5.74) is -0.640. The van der Waals surface area contributed by atoms with E-state index in [4.69, 9.17) is 23.3 Å². The Hall–Kier alpha value is -0.0500. The van der Waals surface area contributed by atoms with Gasteiger partial charge in [-0.25, -0.2) is 0 Å². The highest BCUT2D eigenvalue weighted by Gasteiger charge is 2.36. The summed E-state index contributed by atoms with van der Waals surface area (Å²) in [5.74, 6) is 0. The number of nitrogens with zero attached hydrogens (tertiary/aromatic N) is 1. The first kappa shape index (κ1) is 32.0. The van der Waals surface area contributed by atoms with Crippen LogP contribution in [-0.4, -0.2) is 78.6 Å². The molecule has 0 spiro atoms. The van der Waals surface area contributed by atoms with Gasteiger partial charge >= 0.3 is 0 Å². The fraction of sp³-hybridized carbons (Fsp3) is 1.00. The van der Waals surface area contributed by atoms with Gasteiger partial charge in [0, 0.05) is 6.61 Å². The van der Waals surface area contributed by atoms with Gasteiger partial charge < -0.3 is 32.6 Å². The molecule has 1 saturated heterocycles. The van der Waals surface area contributed by atoms with Crippen molar-refractivity contribution in [3.8, 4) is 0 Å². The summed E-state index contributed by atoms with van der Waals surface area (Å²) >= 11 is 0. The lowest BCUT2D eigenvalue weighted by atomic mass is 9.92. The predicted molar refractivity (Wildman–Crippen MR) is 134 cm³/mol. The van der Waals surface area contributed by atoms with E-state index in [1.165, 1.54) is 64.2 Å². The van der Waals surface area contributed by atoms with Crippen LogP contribution in [0, 0.1) is 5.41 Å². The van der Waals surface area contributed by atoms with Gasteiger partial charge in [0.1, 0.15) is 19.9 Å². The van der Waals surface area contributed by atoms with Crippen molar-refractivity contribution in [1.82, 2.24) is 0 Å². The smallest absolute Gasteiger partial charge is 0.268 e. The SMILES string of the molecule is CCCCCCCCCCCCCCOCC1(COP(=O)([O-])OCC[N+](C)(C)C)COCOC1. The summed E-state index contributed by atoms with van der Waals surface area (Å²) in [4.78, 5) is 12.2. The van der Waals surface area contributed by atoms with Gasteiger partial charge in [-0.3, -0.25) is 4.57 Å². The number of quaternary nitrogens is 1. The molecule has 1 heterocycles. The van der Waals surface area contributed by atoms with E-state index in [2.05, 4.69) is 6.92 Å². The molecule has 0 aliphatic carbocycles. The molecule has 1 aliphatic rings. The maximum absolute atomic E-state index is 12.2. The van der Waals surface area contributed by atoms with Crippen LogP contribution in [0.1, 0.15) is 84.0 Å². The van der Waals surface area contributed by atoms with Crippen LogP contribution >= 0.6 is 7.82 Å². The van der Waals surface area contributed by atoms with E-state index in [0.29, 0.717) is 37.5 Å². The predicted octanol–water partition coefficient (Wildman–Crippen LogP) is 4.90. The molecule has 0 radical (unpaired) electrons. The maximum atomic E-state index is 12.2. The monoisotopic (exact) mass is 509 g/mol. The van der Waals surface area contributed by atoms with Crippen molar-refractivity contribution in [3.63, 3.8) is 0 Å². The molecule has 0 aromatic rings. The van der Waals surface area contributed by atoms with Crippen LogP contribution in [0.3, 0.4) is 0 Å². The molecule has 0 N–H and O–H groups in total. The molecule has 0 bridgehead atoms. The minimum Gasteiger partial charge on any atom is -0.756 e. The summed E-state index contributed by atoms with van der Waals surface area (Å²) in [6.07, 6.45) is 15.6. The van der Waals surface area contributed by atoms with Crippen molar-refractivity contribution < 1.29 is 37.2 Å². The topological polar surface area (TPSA) is 86.3 Å². The van der Waals surface area contributed by atoms with Gasteiger partial charge in [0.2, 0.25) is 0 Å². The minimum absolute atomic E-state index is 0.0728. The fourth-order valence-corrected chi connectivity index (χ4v) is 4.65. The summed E-state index contributed by atoms with van der Waals surface area (Å²) in [6, 6.07) is 0. The Balaban J connectivity index is 2.15. The van der Waals surface area contributed by atoms with E-state index in [0.717, 1.165) is 12.8 Å². The Morgan fingerprint density at radius 3 is 1.85 bits per heavy atom. The summed E-state index contributed by atoms with van der Waals surface area (Å²) < 4.78 is 39.7. The number of rotatable bonds is 22. The number of ether oxygens (including phenoxy) is 3. The average Bonchev–Trinajstić information content (AvgIpc) is 2.78. The minimum atomic E-state index is -4.39. The molecule has 0 aromatic heterocycles. The summed E-state index contributed by atoms with van der Waals surface area (Å²) in [6.45, 7) is 4.70. The van der Waals surface area contributed by atoms with E-state index < -0.39 is 13.2 Å². The Kier molecular flexibility index (Phi) is 17.1. The zero-order valence-electron chi connectivity index (χ0n) is 22.4. The van der Waals surface area contributed by atoms with Crippen LogP contribution in [-0.2, 0) is 27.8 Å². The van der Waals surface area contributed by atoms with Crippen molar-refractivity contribution in [1.29, 1.82) is 0 Å². The second-order valence-corrected chi connectivity index (χ2v) is 12.2. The third-order valence-electron chi connectivity index (χ3n) is 6.07. The third-order valence-corrected chi connectivity index (χ3v) is 7.02. The fourth-order valence-electron chi connectivity index (χ4n) is 3.84. The molecule has 8 nitrogen and oxygen atoms in total. The molecule has 1 aliphatic heterocycles. The van der Waals surface area contributed by atoms with E-state index in [1.807, 2.05) is 21.1 Å². The lowest BCUT2D eigenvalue weighted by Crippen LogP contribution is -2.45. The molecular weight excluding hydrogens is 457 g/mol. The molecule has 1 fully saturated rings. The number of hydrogen-bond donors (Lipinski definition) is 0. The molecule has 1 rings (SSSR count). The first-order valence-corrected chi connectivity index (χ1v) is 14.8. The molecule has 9 heteroatoms. The van der Waals surface area contributed by atoms with Gasteiger partial charge in [0.05, 0.1) is 53.0 Å². The molecule has 1 unspecified atom stereocenters. The Labute approximate surface area is 208 Å². The molecular formula is C25H52NO7P. The molecule has 0 amide bonds. The maximum Gasteiger partial charge on any atom is 0.268 e. The number of likely N-dealkylation sites (N-methyl/N-ethyl adjacent to an activating group) is 1. The lowest BCUT2D eigenvalue weighted by molar-refractivity contribution is -0.870. The number of unbranched alkanes of at least 4 members (excludes halogenated alkanes) is 11. The molecule has 34 heavy (non-hydrogen) atoms. The number of hydrogen-bond acceptors (Lipinski definition) is 7. The summed E-state index contributed by atoms with van der Waals surface area (Å²) in [7, 11) is 1.53. The van der Waals surface area contributed by atoms with Crippen LogP contribution < -0.4 is 4.89 Å². The van der Waals surface area contributed by atoms with Gasteiger partial charge in [0.15, 0.2) is 0 Å². The number of phosphoric ester groups is 1. The van der Waals surface area contributed by atoms with E-state index in [-0.39, 0.29) is 20.0 Å². The second-order valence-electron chi connectivity index (χ2n) is 10.8. The van der Waals surface area contributed by atoms with Gasteiger partial charge in [-0.2, -0.15) is 0 Å². The Bertz CT molecular complexity index is 536. The average molecular weight is 510 g/mol. The van der Waals surface area contributed by atoms with E-state index in [9.17, 15) is 9.46 Å². The van der Waals surface area contributed by atoms with Gasteiger partial charge in [-0.15, -0.1) is 0 Å². The van der Waals surface area contributed by atoms with Crippen LogP contribution in [0.2, 0.25) is 0 Å². The summed E-state index contributed by atoms with van der Waals surface area (Å²) in [5, 5.41) is 0. The van der Waals surface area contributed by atoms with Gasteiger partial charge in [0.25, 0.3) is 7.82 Å². The van der Waals surface area contributed by atoms with Crippen LogP contribution in [0.15, 0.2) is 0 Å². The van der Waals surface area contributed by atoms with E-state index in [1.54, 1.807) is 0 Å².